The van der Waals surface area contributed by atoms with Crippen LogP contribution in [-0.4, -0.2) is 103 Å². The van der Waals surface area contributed by atoms with Crippen molar-refractivity contribution in [2.24, 2.45) is 11.8 Å². The molecular weight excluding hydrogens is 540 g/mol. The largest absolute Gasteiger partial charge is 0.377 e. The minimum atomic E-state index is -0.465. The van der Waals surface area contributed by atoms with Gasteiger partial charge in [0.2, 0.25) is 0 Å². The number of rotatable bonds is 8. The van der Waals surface area contributed by atoms with Gasteiger partial charge in [-0.1, -0.05) is 6.92 Å². The molecule has 0 bridgehead atoms. The molecule has 1 aromatic rings. The lowest BCUT2D eigenvalue weighted by Crippen LogP contribution is -2.41. The summed E-state index contributed by atoms with van der Waals surface area (Å²) in [5, 5.41) is 0. The van der Waals surface area contributed by atoms with Gasteiger partial charge in [-0.2, -0.15) is 0 Å². The van der Waals surface area contributed by atoms with E-state index in [2.05, 4.69) is 33.8 Å². The molecule has 8 heteroatoms. The molecule has 5 aliphatic rings. The number of hydrogen-bond donors (Lipinski definition) is 0. The van der Waals surface area contributed by atoms with Crippen LogP contribution in [0.25, 0.3) is 0 Å². The average Bonchev–Trinajstić information content (AvgIpc) is 3.14. The molecule has 1 amide bonds. The predicted octanol–water partition coefficient (Wildman–Crippen LogP) is 4.54. The summed E-state index contributed by atoms with van der Waals surface area (Å²) in [7, 11) is 0. The molecule has 3 heterocycles. The zero-order chi connectivity index (χ0) is 29.8. The third-order valence-electron chi connectivity index (χ3n) is 10.9. The second-order valence-corrected chi connectivity index (χ2v) is 14.0. The van der Waals surface area contributed by atoms with E-state index in [1.54, 1.807) is 4.90 Å². The number of carbonyl (C=O) groups excluding carboxylic acids is 3. The van der Waals surface area contributed by atoms with E-state index in [1.165, 1.54) is 63.8 Å². The van der Waals surface area contributed by atoms with E-state index >= 15 is 0 Å². The van der Waals surface area contributed by atoms with Crippen LogP contribution < -0.4 is 4.90 Å². The maximum Gasteiger partial charge on any atom is 0.255 e. The fourth-order valence-electron chi connectivity index (χ4n) is 8.03. The number of ketones is 2. The number of amides is 1. The van der Waals surface area contributed by atoms with Crippen LogP contribution in [0, 0.1) is 11.8 Å². The molecule has 0 N–H and O–H groups in total. The summed E-state index contributed by atoms with van der Waals surface area (Å²) in [6.45, 7) is 12.6. The molecule has 0 spiro atoms. The number of nitrogens with zero attached hydrogens (tertiary/aromatic N) is 4. The standard InChI is InChI=1S/C35H52N4O4/c1-26-3-8-31(9-4-26)43-22-21-36-17-13-27(14-18-36)24-37-15-2-16-38(20-19-37)29-5-10-32-28(23-29)25-39(35(32)42)33-11-6-30(40)7-12-34(33)41/h5,10,23,26-27,31,33H,2-4,6-9,11-22,24-25H2,1H3. The number of fused-ring (bicyclic) bond motifs is 1. The highest BCUT2D eigenvalue weighted by molar-refractivity contribution is 6.02. The Morgan fingerprint density at radius 1 is 0.814 bits per heavy atom. The molecule has 1 aromatic carbocycles. The van der Waals surface area contributed by atoms with Gasteiger partial charge in [0, 0.05) is 69.8 Å². The Hall–Kier alpha value is -2.29. The smallest absolute Gasteiger partial charge is 0.255 e. The van der Waals surface area contributed by atoms with Crippen LogP contribution in [0.4, 0.5) is 5.69 Å². The Morgan fingerprint density at radius 2 is 1.63 bits per heavy atom. The first kappa shape index (κ1) is 30.7. The van der Waals surface area contributed by atoms with Gasteiger partial charge in [-0.25, -0.2) is 0 Å². The van der Waals surface area contributed by atoms with Crippen LogP contribution in [0.1, 0.15) is 93.5 Å². The molecule has 8 nitrogen and oxygen atoms in total. The molecule has 1 unspecified atom stereocenters. The van der Waals surface area contributed by atoms with Gasteiger partial charge < -0.3 is 24.3 Å². The van der Waals surface area contributed by atoms with Gasteiger partial charge in [0.25, 0.3) is 5.91 Å². The summed E-state index contributed by atoms with van der Waals surface area (Å²) >= 11 is 0. The second kappa shape index (κ2) is 14.2. The highest BCUT2D eigenvalue weighted by Gasteiger charge is 2.38. The third kappa shape index (κ3) is 7.69. The molecule has 4 fully saturated rings. The number of piperidine rings is 1. The summed E-state index contributed by atoms with van der Waals surface area (Å²) in [6, 6.07) is 5.75. The van der Waals surface area contributed by atoms with Crippen molar-refractivity contribution in [2.75, 3.05) is 63.9 Å². The van der Waals surface area contributed by atoms with Crippen molar-refractivity contribution in [3.8, 4) is 0 Å². The number of carbonyl (C=O) groups is 3. The van der Waals surface area contributed by atoms with E-state index in [0.717, 1.165) is 63.2 Å². The van der Waals surface area contributed by atoms with E-state index in [-0.39, 0.29) is 23.9 Å². The van der Waals surface area contributed by atoms with Crippen LogP contribution in [0.15, 0.2) is 18.2 Å². The van der Waals surface area contributed by atoms with Crippen molar-refractivity contribution < 1.29 is 19.1 Å². The van der Waals surface area contributed by atoms with Gasteiger partial charge in [-0.15, -0.1) is 0 Å². The monoisotopic (exact) mass is 592 g/mol. The number of Topliss-reactive ketones (excluding diaryl/α,β-unsaturated/α-hetero) is 2. The summed E-state index contributed by atoms with van der Waals surface area (Å²) in [5.41, 5.74) is 2.90. The number of anilines is 1. The van der Waals surface area contributed by atoms with Gasteiger partial charge in [-0.3, -0.25) is 14.4 Å². The Balaban J connectivity index is 0.942. The molecular formula is C35H52N4O4. The van der Waals surface area contributed by atoms with E-state index in [9.17, 15) is 14.4 Å². The van der Waals surface area contributed by atoms with Crippen LogP contribution >= 0.6 is 0 Å². The van der Waals surface area contributed by atoms with E-state index < -0.39 is 6.04 Å². The predicted molar refractivity (Wildman–Crippen MR) is 168 cm³/mol. The second-order valence-electron chi connectivity index (χ2n) is 14.0. The molecule has 43 heavy (non-hydrogen) atoms. The Kier molecular flexibility index (Phi) is 10.2. The SMILES string of the molecule is CC1CCC(OCCN2CCC(CN3CCCN(c4ccc5c(c4)CN(C4CCC(=O)CCC4=O)C5=O)CC3)CC2)CC1. The summed E-state index contributed by atoms with van der Waals surface area (Å²) in [4.78, 5) is 47.3. The number of ether oxygens (including phenoxy) is 1. The van der Waals surface area contributed by atoms with Gasteiger partial charge in [0.05, 0.1) is 18.8 Å². The summed E-state index contributed by atoms with van der Waals surface area (Å²) < 4.78 is 6.22. The average molecular weight is 593 g/mol. The molecule has 3 aliphatic heterocycles. The molecule has 1 atom stereocenters. The summed E-state index contributed by atoms with van der Waals surface area (Å²) in [6.07, 6.45) is 10.8. The molecule has 2 saturated carbocycles. The van der Waals surface area contributed by atoms with Crippen molar-refractivity contribution in [1.82, 2.24) is 14.7 Å². The van der Waals surface area contributed by atoms with E-state index in [1.807, 2.05) is 6.07 Å². The Labute approximate surface area is 258 Å². The van der Waals surface area contributed by atoms with Gasteiger partial charge >= 0.3 is 0 Å². The van der Waals surface area contributed by atoms with Crippen molar-refractivity contribution in [2.45, 2.75) is 96.2 Å². The first-order valence-corrected chi connectivity index (χ1v) is 17.2. The third-order valence-corrected chi connectivity index (χ3v) is 10.9. The highest BCUT2D eigenvalue weighted by atomic mass is 16.5. The molecule has 0 aromatic heterocycles. The van der Waals surface area contributed by atoms with Crippen LogP contribution in [0.2, 0.25) is 0 Å². The van der Waals surface area contributed by atoms with Crippen molar-refractivity contribution >= 4 is 23.2 Å². The van der Waals surface area contributed by atoms with Crippen molar-refractivity contribution in [1.29, 1.82) is 0 Å². The molecule has 236 valence electrons. The zero-order valence-corrected chi connectivity index (χ0v) is 26.3. The lowest BCUT2D eigenvalue weighted by molar-refractivity contribution is -0.124. The zero-order valence-electron chi connectivity index (χ0n) is 26.3. The summed E-state index contributed by atoms with van der Waals surface area (Å²) in [5.74, 6) is 1.76. The van der Waals surface area contributed by atoms with Crippen molar-refractivity contribution in [3.63, 3.8) is 0 Å². The van der Waals surface area contributed by atoms with Gasteiger partial charge in [0.15, 0.2) is 5.78 Å². The lowest BCUT2D eigenvalue weighted by atomic mass is 9.89. The highest BCUT2D eigenvalue weighted by Crippen LogP contribution is 2.32. The maximum atomic E-state index is 13.2. The van der Waals surface area contributed by atoms with E-state index in [4.69, 9.17) is 4.74 Å². The van der Waals surface area contributed by atoms with Crippen LogP contribution in [-0.2, 0) is 20.9 Å². The number of hydrogen-bond acceptors (Lipinski definition) is 7. The molecule has 2 aliphatic carbocycles. The fraction of sp³-hybridized carbons (Fsp3) is 0.743. The lowest BCUT2D eigenvalue weighted by Gasteiger charge is -2.35. The topological polar surface area (TPSA) is 73.4 Å². The molecule has 0 radical (unpaired) electrons. The minimum Gasteiger partial charge on any atom is -0.377 e. The van der Waals surface area contributed by atoms with Crippen LogP contribution in [0.5, 0.6) is 0 Å². The molecule has 6 rings (SSSR count). The quantitative estimate of drug-likeness (QED) is 0.411. The maximum absolute atomic E-state index is 13.2. The molecule has 2 saturated heterocycles. The number of benzene rings is 1. The Morgan fingerprint density at radius 3 is 2.44 bits per heavy atom. The first-order chi connectivity index (χ1) is 20.9. The fourth-order valence-corrected chi connectivity index (χ4v) is 8.03. The Bertz CT molecular complexity index is 1140. The number of likely N-dealkylation sites (tertiary alicyclic amines) is 1. The normalized spacial score (nSPS) is 28.7. The van der Waals surface area contributed by atoms with Crippen molar-refractivity contribution in [3.05, 3.63) is 29.3 Å². The minimum absolute atomic E-state index is 0.0314. The first-order valence-electron chi connectivity index (χ1n) is 17.2. The van der Waals surface area contributed by atoms with E-state index in [0.29, 0.717) is 37.5 Å². The van der Waals surface area contributed by atoms with Gasteiger partial charge in [0.1, 0.15) is 5.78 Å². The van der Waals surface area contributed by atoms with Crippen LogP contribution in [0.3, 0.4) is 0 Å². The van der Waals surface area contributed by atoms with Gasteiger partial charge in [-0.05, 0) is 107 Å².